The molecular formula is C18H27N5O4. The van der Waals surface area contributed by atoms with Gasteiger partial charge in [-0.25, -0.2) is 14.8 Å². The van der Waals surface area contributed by atoms with Crippen molar-refractivity contribution in [3.63, 3.8) is 0 Å². The first kappa shape index (κ1) is 19.3. The highest BCUT2D eigenvalue weighted by Crippen LogP contribution is 2.16. The lowest BCUT2D eigenvalue weighted by Gasteiger charge is -2.31. The first-order valence-electron chi connectivity index (χ1n) is 9.55. The van der Waals surface area contributed by atoms with Crippen molar-refractivity contribution in [1.29, 1.82) is 0 Å². The highest BCUT2D eigenvalue weighted by molar-refractivity contribution is 5.92. The quantitative estimate of drug-likeness (QED) is 0.772. The summed E-state index contributed by atoms with van der Waals surface area (Å²) in [5.74, 6) is 0.384. The van der Waals surface area contributed by atoms with E-state index in [9.17, 15) is 9.59 Å². The van der Waals surface area contributed by atoms with Crippen LogP contribution in [0.1, 0.15) is 43.1 Å². The molecule has 2 N–H and O–H groups in total. The van der Waals surface area contributed by atoms with Gasteiger partial charge in [-0.3, -0.25) is 4.79 Å². The van der Waals surface area contributed by atoms with Gasteiger partial charge in [0.05, 0.1) is 12.7 Å². The molecule has 3 heterocycles. The van der Waals surface area contributed by atoms with Gasteiger partial charge < -0.3 is 25.0 Å². The summed E-state index contributed by atoms with van der Waals surface area (Å²) in [6.07, 6.45) is 4.82. The number of hydrogen-bond acceptors (Lipinski definition) is 7. The van der Waals surface area contributed by atoms with E-state index >= 15 is 0 Å². The maximum atomic E-state index is 12.3. The Balaban J connectivity index is 1.47. The molecule has 0 saturated carbocycles. The molecule has 1 aromatic rings. The van der Waals surface area contributed by atoms with Crippen LogP contribution in [0.5, 0.6) is 0 Å². The van der Waals surface area contributed by atoms with Gasteiger partial charge in [0, 0.05) is 38.3 Å². The van der Waals surface area contributed by atoms with Gasteiger partial charge in [-0.05, 0) is 32.6 Å². The summed E-state index contributed by atoms with van der Waals surface area (Å²) >= 11 is 0. The van der Waals surface area contributed by atoms with E-state index in [1.165, 1.54) is 6.33 Å². The minimum Gasteiger partial charge on any atom is -0.450 e. The predicted octanol–water partition coefficient (Wildman–Crippen LogP) is 1.42. The third kappa shape index (κ3) is 5.53. The maximum Gasteiger partial charge on any atom is 0.409 e. The molecular weight excluding hydrogens is 350 g/mol. The van der Waals surface area contributed by atoms with Crippen molar-refractivity contribution in [1.82, 2.24) is 20.2 Å². The Hall–Kier alpha value is -2.42. The van der Waals surface area contributed by atoms with Crippen LogP contribution in [0, 0.1) is 0 Å². The molecule has 9 nitrogen and oxygen atoms in total. The summed E-state index contributed by atoms with van der Waals surface area (Å²) in [6.45, 7) is 4.72. The number of nitrogens with zero attached hydrogens (tertiary/aromatic N) is 3. The third-order valence-electron chi connectivity index (χ3n) is 4.79. The lowest BCUT2D eigenvalue weighted by molar-refractivity contribution is 0.0853. The first-order chi connectivity index (χ1) is 13.2. The largest absolute Gasteiger partial charge is 0.450 e. The van der Waals surface area contributed by atoms with Crippen molar-refractivity contribution < 1.29 is 19.1 Å². The van der Waals surface area contributed by atoms with Crippen LogP contribution in [-0.4, -0.2) is 71.9 Å². The van der Waals surface area contributed by atoms with Crippen molar-refractivity contribution >= 4 is 17.8 Å². The summed E-state index contributed by atoms with van der Waals surface area (Å²) in [7, 11) is 0. The fraction of sp³-hybridized carbons (Fsp3) is 0.667. The molecule has 0 bridgehead atoms. The fourth-order valence-corrected chi connectivity index (χ4v) is 3.29. The summed E-state index contributed by atoms with van der Waals surface area (Å²) in [6, 6.07) is 1.84. The average molecular weight is 377 g/mol. The van der Waals surface area contributed by atoms with E-state index in [1.54, 1.807) is 17.9 Å². The number of aromatic nitrogens is 2. The number of amides is 2. The molecule has 0 aliphatic carbocycles. The Kier molecular flexibility index (Phi) is 6.80. The standard InChI is InChI=1S/C18H27N5O4/c1-2-26-18(25)23-7-5-13(6-8-23)22-16-10-15(20-12-21-16)17(24)19-11-14-4-3-9-27-14/h10,12-14H,2-9,11H2,1H3,(H,19,24)(H,20,21,22). The maximum absolute atomic E-state index is 12.3. The molecule has 2 aliphatic heterocycles. The monoisotopic (exact) mass is 377 g/mol. The Morgan fingerprint density at radius 3 is 2.81 bits per heavy atom. The highest BCUT2D eigenvalue weighted by Gasteiger charge is 2.24. The van der Waals surface area contributed by atoms with Gasteiger partial charge in [-0.1, -0.05) is 0 Å². The lowest BCUT2D eigenvalue weighted by atomic mass is 10.1. The summed E-state index contributed by atoms with van der Waals surface area (Å²) in [5, 5.41) is 6.19. The number of nitrogens with one attached hydrogen (secondary N) is 2. The van der Waals surface area contributed by atoms with E-state index in [0.717, 1.165) is 32.3 Å². The normalized spacial score (nSPS) is 20.3. The van der Waals surface area contributed by atoms with Crippen LogP contribution in [0.2, 0.25) is 0 Å². The Bertz CT molecular complexity index is 642. The Labute approximate surface area is 158 Å². The van der Waals surface area contributed by atoms with Crippen molar-refractivity contribution in [3.05, 3.63) is 18.1 Å². The molecule has 1 aromatic heterocycles. The van der Waals surface area contributed by atoms with E-state index in [1.807, 2.05) is 0 Å². The van der Waals surface area contributed by atoms with E-state index in [4.69, 9.17) is 9.47 Å². The number of anilines is 1. The van der Waals surface area contributed by atoms with Crippen molar-refractivity contribution in [2.24, 2.45) is 0 Å². The second kappa shape index (κ2) is 9.50. The second-order valence-electron chi connectivity index (χ2n) is 6.74. The molecule has 148 valence electrons. The summed E-state index contributed by atoms with van der Waals surface area (Å²) < 4.78 is 10.5. The van der Waals surface area contributed by atoms with Gasteiger partial charge in [-0.2, -0.15) is 0 Å². The highest BCUT2D eigenvalue weighted by atomic mass is 16.6. The molecule has 2 amide bonds. The molecule has 3 rings (SSSR count). The molecule has 1 unspecified atom stereocenters. The van der Waals surface area contributed by atoms with Gasteiger partial charge in [0.15, 0.2) is 0 Å². The van der Waals surface area contributed by atoms with Crippen LogP contribution in [0.4, 0.5) is 10.6 Å². The van der Waals surface area contributed by atoms with Crippen LogP contribution in [0.25, 0.3) is 0 Å². The molecule has 2 fully saturated rings. The van der Waals surface area contributed by atoms with Crippen molar-refractivity contribution in [2.45, 2.75) is 44.8 Å². The van der Waals surface area contributed by atoms with Crippen LogP contribution in [0.15, 0.2) is 12.4 Å². The summed E-state index contributed by atoms with van der Waals surface area (Å²) in [5.41, 5.74) is 0.328. The minimum absolute atomic E-state index is 0.0953. The second-order valence-corrected chi connectivity index (χ2v) is 6.74. The van der Waals surface area contributed by atoms with Crippen LogP contribution < -0.4 is 10.6 Å². The zero-order valence-electron chi connectivity index (χ0n) is 15.6. The average Bonchev–Trinajstić information content (AvgIpc) is 3.21. The topological polar surface area (TPSA) is 106 Å². The smallest absolute Gasteiger partial charge is 0.409 e. The van der Waals surface area contributed by atoms with Gasteiger partial charge in [0.25, 0.3) is 5.91 Å². The Morgan fingerprint density at radius 1 is 1.30 bits per heavy atom. The van der Waals surface area contributed by atoms with Crippen LogP contribution in [-0.2, 0) is 9.47 Å². The van der Waals surface area contributed by atoms with Crippen molar-refractivity contribution in [3.8, 4) is 0 Å². The predicted molar refractivity (Wildman–Crippen MR) is 98.6 cm³/mol. The van der Waals surface area contributed by atoms with Crippen LogP contribution >= 0.6 is 0 Å². The van der Waals surface area contributed by atoms with E-state index in [-0.39, 0.29) is 24.1 Å². The van der Waals surface area contributed by atoms with E-state index in [2.05, 4.69) is 20.6 Å². The van der Waals surface area contributed by atoms with Crippen molar-refractivity contribution in [2.75, 3.05) is 38.2 Å². The number of carbonyl (C=O) groups is 2. The first-order valence-corrected chi connectivity index (χ1v) is 9.55. The SMILES string of the molecule is CCOC(=O)N1CCC(Nc2cc(C(=O)NCC3CCCO3)ncn2)CC1. The van der Waals surface area contributed by atoms with Crippen LogP contribution in [0.3, 0.4) is 0 Å². The molecule has 27 heavy (non-hydrogen) atoms. The number of rotatable bonds is 6. The van der Waals surface area contributed by atoms with E-state index in [0.29, 0.717) is 37.8 Å². The van der Waals surface area contributed by atoms with E-state index < -0.39 is 0 Å². The number of carbonyl (C=O) groups excluding carboxylic acids is 2. The fourth-order valence-electron chi connectivity index (χ4n) is 3.29. The zero-order chi connectivity index (χ0) is 19.1. The number of hydrogen-bond donors (Lipinski definition) is 2. The molecule has 0 aromatic carbocycles. The number of piperidine rings is 1. The molecule has 2 saturated heterocycles. The molecule has 1 atom stereocenters. The molecule has 2 aliphatic rings. The lowest BCUT2D eigenvalue weighted by Crippen LogP contribution is -2.42. The summed E-state index contributed by atoms with van der Waals surface area (Å²) in [4.78, 5) is 34.0. The molecule has 0 spiro atoms. The number of likely N-dealkylation sites (tertiary alicyclic amines) is 1. The number of ether oxygens (including phenoxy) is 2. The zero-order valence-corrected chi connectivity index (χ0v) is 15.6. The van der Waals surface area contributed by atoms with Gasteiger partial charge in [0.2, 0.25) is 0 Å². The Morgan fingerprint density at radius 2 is 2.11 bits per heavy atom. The van der Waals surface area contributed by atoms with Gasteiger partial charge in [0.1, 0.15) is 17.8 Å². The van der Waals surface area contributed by atoms with Gasteiger partial charge >= 0.3 is 6.09 Å². The minimum atomic E-state index is -0.261. The third-order valence-corrected chi connectivity index (χ3v) is 4.79. The van der Waals surface area contributed by atoms with Gasteiger partial charge in [-0.15, -0.1) is 0 Å². The molecule has 0 radical (unpaired) electrons. The molecule has 9 heteroatoms.